The van der Waals surface area contributed by atoms with Gasteiger partial charge in [-0.25, -0.2) is 4.79 Å². The summed E-state index contributed by atoms with van der Waals surface area (Å²) >= 11 is 0. The Balaban J connectivity index is 1.26. The lowest BCUT2D eigenvalue weighted by atomic mass is 9.81. The summed E-state index contributed by atoms with van der Waals surface area (Å²) in [7, 11) is 0. The Morgan fingerprint density at radius 3 is 1.91 bits per heavy atom. The van der Waals surface area contributed by atoms with Crippen LogP contribution in [0.2, 0.25) is 0 Å². The first-order valence-corrected chi connectivity index (χ1v) is 12.4. The molecule has 6 rings (SSSR count). The van der Waals surface area contributed by atoms with Crippen LogP contribution in [0, 0.1) is 23.7 Å². The van der Waals surface area contributed by atoms with Gasteiger partial charge in [0.1, 0.15) is 11.8 Å². The van der Waals surface area contributed by atoms with Gasteiger partial charge in [0.25, 0.3) is 0 Å². The largest absolute Gasteiger partial charge is 0.425 e. The van der Waals surface area contributed by atoms with Gasteiger partial charge in [0, 0.05) is 6.42 Å². The number of benzene rings is 3. The number of carbonyl (C=O) groups excluding carboxylic acids is 3. The Morgan fingerprint density at radius 1 is 0.771 bits per heavy atom. The molecule has 1 heterocycles. The molecule has 0 radical (unpaired) electrons. The van der Waals surface area contributed by atoms with Crippen LogP contribution in [-0.4, -0.2) is 28.7 Å². The molecule has 0 spiro atoms. The molecule has 3 aromatic rings. The number of ether oxygens (including phenoxy) is 1. The minimum atomic E-state index is -0.976. The lowest BCUT2D eigenvalue weighted by Gasteiger charge is -2.26. The smallest absolute Gasteiger partial charge is 0.335 e. The third kappa shape index (κ3) is 3.85. The molecule has 0 N–H and O–H groups in total. The summed E-state index contributed by atoms with van der Waals surface area (Å²) in [6.07, 6.45) is 3.21. The average molecular weight is 466 g/mol. The first-order chi connectivity index (χ1) is 17.1. The fourth-order valence-corrected chi connectivity index (χ4v) is 6.39. The predicted octanol–water partition coefficient (Wildman–Crippen LogP) is 4.90. The number of hydrogen-bond donors (Lipinski definition) is 0. The molecule has 2 amide bonds. The van der Waals surface area contributed by atoms with E-state index in [4.69, 9.17) is 4.74 Å². The summed E-state index contributed by atoms with van der Waals surface area (Å²) in [5.74, 6) is -0.554. The molecule has 2 bridgehead atoms. The molecule has 3 aromatic carbocycles. The summed E-state index contributed by atoms with van der Waals surface area (Å²) in [4.78, 5) is 41.7. The zero-order chi connectivity index (χ0) is 23.9. The predicted molar refractivity (Wildman–Crippen MR) is 131 cm³/mol. The van der Waals surface area contributed by atoms with E-state index in [1.54, 1.807) is 12.1 Å². The minimum Gasteiger partial charge on any atom is -0.425 e. The van der Waals surface area contributed by atoms with Crippen molar-refractivity contribution in [3.05, 3.63) is 90.5 Å². The van der Waals surface area contributed by atoms with Crippen molar-refractivity contribution in [3.8, 4) is 16.9 Å². The van der Waals surface area contributed by atoms with E-state index in [0.29, 0.717) is 5.75 Å². The molecule has 3 aliphatic rings. The van der Waals surface area contributed by atoms with Crippen LogP contribution < -0.4 is 4.74 Å². The Labute approximate surface area is 204 Å². The molecule has 5 nitrogen and oxygen atoms in total. The maximum Gasteiger partial charge on any atom is 0.335 e. The number of carbonyl (C=O) groups is 3. The molecule has 35 heavy (non-hydrogen) atoms. The highest BCUT2D eigenvalue weighted by Crippen LogP contribution is 2.56. The SMILES string of the molecule is O=C(Oc1ccc(-c2ccccc2)cc1)[C@@H](Cc1ccccc1)N1C(=O)[C@@H]2[C@H]3CC[C@@H](C3)[C@@H]2C1=O. The number of imide groups is 1. The molecule has 3 fully saturated rings. The van der Waals surface area contributed by atoms with Crippen molar-refractivity contribution in [3.63, 3.8) is 0 Å². The molecular weight excluding hydrogens is 438 g/mol. The van der Waals surface area contributed by atoms with Crippen LogP contribution in [0.1, 0.15) is 24.8 Å². The minimum absolute atomic E-state index is 0.190. The number of esters is 1. The van der Waals surface area contributed by atoms with E-state index in [-0.39, 0.29) is 41.9 Å². The lowest BCUT2D eigenvalue weighted by Crippen LogP contribution is -2.49. The first-order valence-electron chi connectivity index (χ1n) is 12.4. The Hall–Kier alpha value is -3.73. The van der Waals surface area contributed by atoms with E-state index < -0.39 is 12.0 Å². The van der Waals surface area contributed by atoms with Crippen molar-refractivity contribution in [2.75, 3.05) is 0 Å². The van der Waals surface area contributed by atoms with Gasteiger partial charge in [0.2, 0.25) is 11.8 Å². The highest BCUT2D eigenvalue weighted by molar-refractivity contribution is 6.08. The molecule has 0 aromatic heterocycles. The van der Waals surface area contributed by atoms with Gasteiger partial charge in [0.05, 0.1) is 11.8 Å². The van der Waals surface area contributed by atoms with Gasteiger partial charge < -0.3 is 4.74 Å². The molecule has 0 unspecified atom stereocenters. The van der Waals surface area contributed by atoms with Gasteiger partial charge in [-0.3, -0.25) is 14.5 Å². The van der Waals surface area contributed by atoms with E-state index in [1.807, 2.05) is 72.8 Å². The second kappa shape index (κ2) is 8.81. The topological polar surface area (TPSA) is 63.7 Å². The zero-order valence-corrected chi connectivity index (χ0v) is 19.4. The monoisotopic (exact) mass is 465 g/mol. The van der Waals surface area contributed by atoms with Crippen LogP contribution in [0.25, 0.3) is 11.1 Å². The van der Waals surface area contributed by atoms with Gasteiger partial charge in [-0.2, -0.15) is 0 Å². The van der Waals surface area contributed by atoms with Gasteiger partial charge in [-0.05, 0) is 59.9 Å². The van der Waals surface area contributed by atoms with Crippen LogP contribution in [0.5, 0.6) is 5.75 Å². The lowest BCUT2D eigenvalue weighted by molar-refractivity contribution is -0.154. The van der Waals surface area contributed by atoms with Crippen molar-refractivity contribution >= 4 is 17.8 Å². The third-order valence-corrected chi connectivity index (χ3v) is 8.00. The number of fused-ring (bicyclic) bond motifs is 5. The van der Waals surface area contributed by atoms with E-state index in [1.165, 1.54) is 4.90 Å². The van der Waals surface area contributed by atoms with E-state index in [9.17, 15) is 14.4 Å². The summed E-state index contributed by atoms with van der Waals surface area (Å²) < 4.78 is 5.76. The van der Waals surface area contributed by atoms with Crippen LogP contribution in [-0.2, 0) is 20.8 Å². The quantitative estimate of drug-likeness (QED) is 0.295. The average Bonchev–Trinajstić information content (AvgIpc) is 3.58. The number of nitrogens with zero attached hydrogens (tertiary/aromatic N) is 1. The van der Waals surface area contributed by atoms with Gasteiger partial charge >= 0.3 is 5.97 Å². The standard InChI is InChI=1S/C30H27NO4/c32-28-26-22-11-12-23(18-22)27(26)29(33)31(28)25(17-19-7-3-1-4-8-19)30(34)35-24-15-13-21(14-16-24)20-9-5-2-6-10-20/h1-10,13-16,22-23,25-27H,11-12,17-18H2/t22-,23-,25+,26-,27+/m0/s1. The summed E-state index contributed by atoms with van der Waals surface area (Å²) in [6, 6.07) is 25.8. The van der Waals surface area contributed by atoms with E-state index >= 15 is 0 Å². The molecule has 1 aliphatic heterocycles. The van der Waals surface area contributed by atoms with Gasteiger partial charge in [0.15, 0.2) is 0 Å². The molecule has 5 heteroatoms. The fraction of sp³-hybridized carbons (Fsp3) is 0.300. The van der Waals surface area contributed by atoms with Crippen molar-refractivity contribution in [1.29, 1.82) is 0 Å². The molecule has 5 atom stereocenters. The van der Waals surface area contributed by atoms with Crippen molar-refractivity contribution in [2.24, 2.45) is 23.7 Å². The van der Waals surface area contributed by atoms with Gasteiger partial charge in [-0.1, -0.05) is 72.8 Å². The van der Waals surface area contributed by atoms with E-state index in [0.717, 1.165) is 36.0 Å². The molecular formula is C30H27NO4. The summed E-state index contributed by atoms with van der Waals surface area (Å²) in [6.45, 7) is 0. The first kappa shape index (κ1) is 21.8. The molecule has 2 saturated carbocycles. The van der Waals surface area contributed by atoms with E-state index in [2.05, 4.69) is 0 Å². The second-order valence-electron chi connectivity index (χ2n) is 9.95. The maximum atomic E-state index is 13.5. The van der Waals surface area contributed by atoms with Crippen molar-refractivity contribution in [1.82, 2.24) is 4.90 Å². The number of amides is 2. The van der Waals surface area contributed by atoms with Crippen molar-refractivity contribution < 1.29 is 19.1 Å². The summed E-state index contributed by atoms with van der Waals surface area (Å²) in [5, 5.41) is 0. The maximum absolute atomic E-state index is 13.5. The molecule has 176 valence electrons. The Kier molecular flexibility index (Phi) is 5.48. The van der Waals surface area contributed by atoms with Crippen LogP contribution in [0.3, 0.4) is 0 Å². The fourth-order valence-electron chi connectivity index (χ4n) is 6.39. The van der Waals surface area contributed by atoms with Crippen LogP contribution >= 0.6 is 0 Å². The van der Waals surface area contributed by atoms with Crippen LogP contribution in [0.15, 0.2) is 84.9 Å². The highest BCUT2D eigenvalue weighted by atomic mass is 16.5. The highest BCUT2D eigenvalue weighted by Gasteiger charge is 2.62. The zero-order valence-electron chi connectivity index (χ0n) is 19.4. The summed E-state index contributed by atoms with van der Waals surface area (Å²) in [5.41, 5.74) is 2.97. The normalized spacial score (nSPS) is 25.5. The number of hydrogen-bond acceptors (Lipinski definition) is 4. The van der Waals surface area contributed by atoms with Gasteiger partial charge in [-0.15, -0.1) is 0 Å². The Bertz CT molecular complexity index is 1230. The Morgan fingerprint density at radius 2 is 1.31 bits per heavy atom. The number of rotatable bonds is 6. The third-order valence-electron chi connectivity index (χ3n) is 8.00. The molecule has 2 aliphatic carbocycles. The number of likely N-dealkylation sites (tertiary alicyclic amines) is 1. The second-order valence-corrected chi connectivity index (χ2v) is 9.95. The molecule has 1 saturated heterocycles. The van der Waals surface area contributed by atoms with Crippen molar-refractivity contribution in [2.45, 2.75) is 31.7 Å². The van der Waals surface area contributed by atoms with Crippen LogP contribution in [0.4, 0.5) is 0 Å².